The van der Waals surface area contributed by atoms with Gasteiger partial charge in [-0.1, -0.05) is 48.6 Å². The first-order valence-corrected chi connectivity index (χ1v) is 11.5. The van der Waals surface area contributed by atoms with E-state index in [2.05, 4.69) is 0 Å². The van der Waals surface area contributed by atoms with Crippen LogP contribution in [-0.4, -0.2) is 31.0 Å². The van der Waals surface area contributed by atoms with Gasteiger partial charge in [0.25, 0.3) is 0 Å². The maximum absolute atomic E-state index is 13.9. The molecule has 1 spiro atoms. The van der Waals surface area contributed by atoms with Crippen LogP contribution in [0.2, 0.25) is 0 Å². The summed E-state index contributed by atoms with van der Waals surface area (Å²) in [4.78, 5) is 15.5. The van der Waals surface area contributed by atoms with Crippen LogP contribution in [0.25, 0.3) is 5.76 Å². The molecule has 1 N–H and O–H groups in total. The van der Waals surface area contributed by atoms with Gasteiger partial charge >= 0.3 is 6.18 Å². The Labute approximate surface area is 209 Å². The maximum atomic E-state index is 13.9. The lowest BCUT2D eigenvalue weighted by Gasteiger charge is -2.22. The highest BCUT2D eigenvalue weighted by Gasteiger charge is 2.57. The molecule has 188 valence electrons. The molecule has 3 aromatic carbocycles. The van der Waals surface area contributed by atoms with E-state index in [0.29, 0.717) is 28.5 Å². The van der Waals surface area contributed by atoms with Crippen molar-refractivity contribution in [3.05, 3.63) is 101 Å². The number of para-hydroxylation sites is 1. The fraction of sp³-hybridized carbons (Fsp3) is 0.179. The summed E-state index contributed by atoms with van der Waals surface area (Å²) < 4.78 is 56.8. The molecule has 37 heavy (non-hydrogen) atoms. The molecule has 3 aliphatic heterocycles. The summed E-state index contributed by atoms with van der Waals surface area (Å²) in [7, 11) is 0. The number of ether oxygens (including phenoxy) is 3. The van der Waals surface area contributed by atoms with E-state index in [1.54, 1.807) is 23.1 Å². The molecular formula is C28H20F3NO5. The molecule has 1 amide bonds. The van der Waals surface area contributed by atoms with Crippen molar-refractivity contribution in [1.82, 2.24) is 0 Å². The third-order valence-electron chi connectivity index (χ3n) is 6.83. The number of alkyl halides is 3. The van der Waals surface area contributed by atoms with Crippen LogP contribution in [-0.2, 0) is 16.4 Å². The van der Waals surface area contributed by atoms with E-state index in [-0.39, 0.29) is 31.4 Å². The molecule has 0 aromatic heterocycles. The molecule has 3 aromatic rings. The number of hydrogen-bond donors (Lipinski definition) is 1. The summed E-state index contributed by atoms with van der Waals surface area (Å²) in [5.41, 5.74) is -0.0970. The Kier molecular flexibility index (Phi) is 5.18. The van der Waals surface area contributed by atoms with Crippen molar-refractivity contribution in [2.45, 2.75) is 11.6 Å². The van der Waals surface area contributed by atoms with Gasteiger partial charge in [0.2, 0.25) is 12.7 Å². The average Bonchev–Trinajstić information content (AvgIpc) is 3.56. The molecule has 0 fully saturated rings. The number of anilines is 1. The topological polar surface area (TPSA) is 68.2 Å². The Balaban J connectivity index is 1.30. The van der Waals surface area contributed by atoms with E-state index in [0.717, 1.165) is 11.6 Å². The summed E-state index contributed by atoms with van der Waals surface area (Å²) in [6.45, 7) is 0.360. The van der Waals surface area contributed by atoms with Gasteiger partial charge in [0.1, 0.15) is 23.5 Å². The second-order valence-electron chi connectivity index (χ2n) is 8.85. The number of allylic oxidation sites excluding steroid dienone is 2. The van der Waals surface area contributed by atoms with E-state index >= 15 is 0 Å². The fourth-order valence-corrected chi connectivity index (χ4v) is 5.11. The molecule has 0 bridgehead atoms. The van der Waals surface area contributed by atoms with Gasteiger partial charge in [-0.25, -0.2) is 0 Å². The smallest absolute Gasteiger partial charge is 0.417 e. The zero-order valence-electron chi connectivity index (χ0n) is 19.3. The van der Waals surface area contributed by atoms with Crippen LogP contribution in [0.15, 0.2) is 78.9 Å². The molecule has 0 saturated heterocycles. The number of nitrogens with zero attached hydrogens (tertiary/aromatic N) is 1. The summed E-state index contributed by atoms with van der Waals surface area (Å²) in [6, 6.07) is 15.7. The molecule has 0 radical (unpaired) electrons. The highest BCUT2D eigenvalue weighted by atomic mass is 19.4. The number of aliphatic hydroxyl groups is 1. The second kappa shape index (κ2) is 8.33. The number of carbonyl (C=O) groups is 1. The lowest BCUT2D eigenvalue weighted by atomic mass is 9.77. The fourth-order valence-electron chi connectivity index (χ4n) is 5.11. The molecule has 6 rings (SSSR count). The molecule has 3 aliphatic rings. The summed E-state index contributed by atoms with van der Waals surface area (Å²) >= 11 is 0. The van der Waals surface area contributed by atoms with Crippen molar-refractivity contribution in [3.8, 4) is 17.2 Å². The van der Waals surface area contributed by atoms with Crippen molar-refractivity contribution in [3.63, 3.8) is 0 Å². The van der Waals surface area contributed by atoms with Gasteiger partial charge in [-0.05, 0) is 29.8 Å². The zero-order chi connectivity index (χ0) is 25.8. The van der Waals surface area contributed by atoms with Gasteiger partial charge in [0.05, 0.1) is 5.56 Å². The van der Waals surface area contributed by atoms with E-state index < -0.39 is 22.9 Å². The maximum Gasteiger partial charge on any atom is 0.417 e. The summed E-state index contributed by atoms with van der Waals surface area (Å²) in [5.74, 6) is 0.954. The van der Waals surface area contributed by atoms with Gasteiger partial charge < -0.3 is 24.2 Å². The lowest BCUT2D eigenvalue weighted by molar-refractivity contribution is -0.137. The zero-order valence-corrected chi connectivity index (χ0v) is 19.3. The number of benzene rings is 3. The van der Waals surface area contributed by atoms with Crippen LogP contribution in [0, 0.1) is 0 Å². The van der Waals surface area contributed by atoms with E-state index in [1.807, 2.05) is 24.3 Å². The number of rotatable bonds is 4. The summed E-state index contributed by atoms with van der Waals surface area (Å²) in [6.07, 6.45) is -0.377. The van der Waals surface area contributed by atoms with Crippen LogP contribution in [0.1, 0.15) is 22.3 Å². The van der Waals surface area contributed by atoms with E-state index in [1.165, 1.54) is 30.4 Å². The first-order valence-electron chi connectivity index (χ1n) is 11.5. The number of carbonyl (C=O) groups excluding carboxylic acids is 1. The van der Waals surface area contributed by atoms with Gasteiger partial charge in [-0.2, -0.15) is 13.2 Å². The minimum Gasteiger partial charge on any atom is -0.507 e. The molecular weight excluding hydrogens is 487 g/mol. The Morgan fingerprint density at radius 3 is 2.51 bits per heavy atom. The monoisotopic (exact) mass is 507 g/mol. The third-order valence-corrected chi connectivity index (χ3v) is 6.83. The highest BCUT2D eigenvalue weighted by molar-refractivity contribution is 6.11. The van der Waals surface area contributed by atoms with Crippen molar-refractivity contribution >= 4 is 17.4 Å². The van der Waals surface area contributed by atoms with E-state index in [4.69, 9.17) is 14.2 Å². The molecule has 1 atom stereocenters. The minimum absolute atomic E-state index is 0.0977. The van der Waals surface area contributed by atoms with Crippen molar-refractivity contribution in [2.75, 3.05) is 24.8 Å². The first kappa shape index (κ1) is 23.0. The molecule has 6 nitrogen and oxygen atoms in total. The Morgan fingerprint density at radius 1 is 0.973 bits per heavy atom. The van der Waals surface area contributed by atoms with Crippen molar-refractivity contribution in [1.29, 1.82) is 0 Å². The molecule has 0 saturated carbocycles. The second-order valence-corrected chi connectivity index (χ2v) is 8.85. The molecule has 9 heteroatoms. The number of halogens is 3. The van der Waals surface area contributed by atoms with Crippen LogP contribution in [0.5, 0.6) is 17.2 Å². The Hall–Kier alpha value is -4.40. The average molecular weight is 507 g/mol. The third kappa shape index (κ3) is 3.53. The van der Waals surface area contributed by atoms with Crippen LogP contribution in [0.4, 0.5) is 18.9 Å². The quantitative estimate of drug-likeness (QED) is 0.367. The van der Waals surface area contributed by atoms with Crippen LogP contribution >= 0.6 is 0 Å². The van der Waals surface area contributed by atoms with Crippen molar-refractivity contribution in [2.24, 2.45) is 0 Å². The van der Waals surface area contributed by atoms with Crippen LogP contribution < -0.4 is 19.1 Å². The van der Waals surface area contributed by atoms with E-state index in [9.17, 15) is 23.1 Å². The van der Waals surface area contributed by atoms with Gasteiger partial charge in [0, 0.05) is 29.4 Å². The van der Waals surface area contributed by atoms with Gasteiger partial charge in [-0.15, -0.1) is 0 Å². The number of fused-ring (bicyclic) bond motifs is 5. The largest absolute Gasteiger partial charge is 0.507 e. The molecule has 1 unspecified atom stereocenters. The first-order chi connectivity index (χ1) is 17.8. The summed E-state index contributed by atoms with van der Waals surface area (Å²) in [5, 5.41) is 10.3. The number of amides is 1. The molecule has 0 aliphatic carbocycles. The minimum atomic E-state index is -4.60. The highest BCUT2D eigenvalue weighted by Crippen LogP contribution is 2.54. The van der Waals surface area contributed by atoms with Crippen LogP contribution in [0.3, 0.4) is 0 Å². The normalized spacial score (nSPS) is 20.0. The Bertz CT molecular complexity index is 1480. The SMILES string of the molecule is O=C1N(C/C=C/C=C(\O)c2ccccc2C(F)(F)F)c2ccccc2C12COc1cc3c(cc12)OCO3. The van der Waals surface area contributed by atoms with Crippen molar-refractivity contribution < 1.29 is 37.3 Å². The lowest BCUT2D eigenvalue weighted by Crippen LogP contribution is -2.42. The predicted octanol–water partition coefficient (Wildman–Crippen LogP) is 5.61. The number of aliphatic hydroxyl groups excluding tert-OH is 1. The Morgan fingerprint density at radius 2 is 1.70 bits per heavy atom. The predicted molar refractivity (Wildman–Crippen MR) is 129 cm³/mol. The van der Waals surface area contributed by atoms with Gasteiger partial charge in [0.15, 0.2) is 11.5 Å². The van der Waals surface area contributed by atoms with Gasteiger partial charge in [-0.3, -0.25) is 4.79 Å². The molecule has 3 heterocycles. The number of hydrogen-bond acceptors (Lipinski definition) is 5. The standard InChI is InChI=1S/C28H20F3NO5/c29-28(30,31)18-8-2-1-7-17(18)22(33)11-5-6-12-32-21-10-4-3-9-19(21)27(26(32)34)15-35-23-14-25-24(13-20(23)27)36-16-37-25/h1-11,13-14,33H,12,15-16H2/b6-5+,22-11-.